The summed E-state index contributed by atoms with van der Waals surface area (Å²) < 4.78 is 15.1. The van der Waals surface area contributed by atoms with Gasteiger partial charge in [-0.05, 0) is 18.9 Å². The van der Waals surface area contributed by atoms with Crippen molar-refractivity contribution in [1.29, 1.82) is 0 Å². The maximum Gasteiger partial charge on any atom is 0.329 e. The molecule has 2 rings (SSSR count). The Balaban J connectivity index is 2.80. The molecule has 0 saturated heterocycles. The molecule has 1 N–H and O–H groups in total. The van der Waals surface area contributed by atoms with Crippen LogP contribution in [0.1, 0.15) is 32.7 Å². The maximum absolute atomic E-state index is 13.9. The molecule has 6 heteroatoms. The molecule has 0 bridgehead atoms. The lowest BCUT2D eigenvalue weighted by atomic mass is 10.1. The summed E-state index contributed by atoms with van der Waals surface area (Å²) in [5.41, 5.74) is -1.06. The van der Waals surface area contributed by atoms with Gasteiger partial charge in [-0.2, -0.15) is 0 Å². The van der Waals surface area contributed by atoms with Crippen molar-refractivity contribution < 1.29 is 4.39 Å². The third kappa shape index (κ3) is 2.78. The first-order valence-corrected chi connectivity index (χ1v) is 7.18. The highest BCUT2D eigenvalue weighted by atomic mass is 35.5. The number of nitrogens with one attached hydrogen (secondary N) is 1. The van der Waals surface area contributed by atoms with E-state index in [0.29, 0.717) is 12.8 Å². The van der Waals surface area contributed by atoms with Crippen molar-refractivity contribution in [2.45, 2.75) is 32.7 Å². The van der Waals surface area contributed by atoms with Gasteiger partial charge in [-0.1, -0.05) is 43.6 Å². The largest absolute Gasteiger partial charge is 0.329 e. The van der Waals surface area contributed by atoms with Crippen LogP contribution in [0.25, 0.3) is 11.1 Å². The van der Waals surface area contributed by atoms with Crippen LogP contribution >= 0.6 is 11.6 Å². The second-order valence-corrected chi connectivity index (χ2v) is 5.12. The number of nitrogens with zero attached hydrogens (tertiary/aromatic N) is 1. The average molecular weight is 311 g/mol. The van der Waals surface area contributed by atoms with E-state index in [-0.39, 0.29) is 22.3 Å². The highest BCUT2D eigenvalue weighted by Gasteiger charge is 2.20. The van der Waals surface area contributed by atoms with Crippen LogP contribution in [0.15, 0.2) is 33.9 Å². The van der Waals surface area contributed by atoms with E-state index in [4.69, 9.17) is 11.6 Å². The molecule has 0 aliphatic rings. The molecule has 0 radical (unpaired) electrons. The number of rotatable bonds is 4. The molecule has 0 aliphatic carbocycles. The molecule has 0 aliphatic heterocycles. The van der Waals surface area contributed by atoms with Gasteiger partial charge >= 0.3 is 5.69 Å². The molecule has 1 aromatic heterocycles. The number of benzene rings is 1. The van der Waals surface area contributed by atoms with Crippen LogP contribution in [0.5, 0.6) is 0 Å². The summed E-state index contributed by atoms with van der Waals surface area (Å²) in [4.78, 5) is 27.1. The summed E-state index contributed by atoms with van der Waals surface area (Å²) in [5.74, 6) is -0.556. The lowest BCUT2D eigenvalue weighted by Gasteiger charge is -2.16. The molecule has 0 unspecified atom stereocenters. The molecule has 0 spiro atoms. The van der Waals surface area contributed by atoms with Crippen LogP contribution in [0.2, 0.25) is 5.15 Å². The molecule has 4 nitrogen and oxygen atoms in total. The minimum atomic E-state index is -0.571. The van der Waals surface area contributed by atoms with Crippen LogP contribution in [0.4, 0.5) is 4.39 Å². The van der Waals surface area contributed by atoms with Crippen molar-refractivity contribution in [2.75, 3.05) is 0 Å². The number of hydrogen-bond acceptors (Lipinski definition) is 2. The molecule has 112 valence electrons. The summed E-state index contributed by atoms with van der Waals surface area (Å²) >= 11 is 5.97. The Morgan fingerprint density at radius 2 is 1.86 bits per heavy atom. The van der Waals surface area contributed by atoms with Crippen molar-refractivity contribution in [3.05, 3.63) is 56.1 Å². The third-order valence-electron chi connectivity index (χ3n) is 3.54. The fourth-order valence-electron chi connectivity index (χ4n) is 2.41. The van der Waals surface area contributed by atoms with Gasteiger partial charge in [-0.15, -0.1) is 0 Å². The standard InChI is InChI=1S/C15H16ClFN2O2/c1-3-9(4-2)19-14(20)12(13(16)18-15(19)21)10-7-5-6-8-11(10)17/h5-9H,3-4H2,1-2H3,(H,18,21). The summed E-state index contributed by atoms with van der Waals surface area (Å²) in [6.45, 7) is 3.77. The van der Waals surface area contributed by atoms with Gasteiger partial charge < -0.3 is 0 Å². The summed E-state index contributed by atoms with van der Waals surface area (Å²) in [7, 11) is 0. The van der Waals surface area contributed by atoms with Gasteiger partial charge in [-0.3, -0.25) is 14.3 Å². The number of halogens is 2. The lowest BCUT2D eigenvalue weighted by Crippen LogP contribution is -2.38. The van der Waals surface area contributed by atoms with E-state index >= 15 is 0 Å². The van der Waals surface area contributed by atoms with Crippen LogP contribution < -0.4 is 11.2 Å². The molecule has 0 fully saturated rings. The number of aromatic nitrogens is 2. The fourth-order valence-corrected chi connectivity index (χ4v) is 2.67. The van der Waals surface area contributed by atoms with E-state index in [0.717, 1.165) is 4.57 Å². The topological polar surface area (TPSA) is 54.9 Å². The Morgan fingerprint density at radius 1 is 1.24 bits per heavy atom. The van der Waals surface area contributed by atoms with Crippen molar-refractivity contribution in [1.82, 2.24) is 9.55 Å². The van der Waals surface area contributed by atoms with Gasteiger partial charge in [0.25, 0.3) is 5.56 Å². The van der Waals surface area contributed by atoms with Gasteiger partial charge in [0.2, 0.25) is 0 Å². The zero-order valence-electron chi connectivity index (χ0n) is 11.8. The molecule has 21 heavy (non-hydrogen) atoms. The Bertz CT molecular complexity index is 763. The van der Waals surface area contributed by atoms with Gasteiger partial charge in [0, 0.05) is 11.6 Å². The van der Waals surface area contributed by atoms with Crippen LogP contribution in [-0.4, -0.2) is 9.55 Å². The summed E-state index contributed by atoms with van der Waals surface area (Å²) in [6.07, 6.45) is 1.25. The van der Waals surface area contributed by atoms with Crippen LogP contribution in [0, 0.1) is 5.82 Å². The minimum Gasteiger partial charge on any atom is -0.297 e. The van der Waals surface area contributed by atoms with Crippen LogP contribution in [0.3, 0.4) is 0 Å². The Hall–Kier alpha value is -1.88. The van der Waals surface area contributed by atoms with Crippen molar-refractivity contribution >= 4 is 11.6 Å². The third-order valence-corrected chi connectivity index (χ3v) is 3.82. The van der Waals surface area contributed by atoms with Gasteiger partial charge in [-0.25, -0.2) is 9.18 Å². The van der Waals surface area contributed by atoms with E-state index < -0.39 is 17.1 Å². The SMILES string of the molecule is CCC(CC)n1c(=O)[nH]c(Cl)c(-c2ccccc2F)c1=O. The molecular formula is C15H16ClFN2O2. The average Bonchev–Trinajstić information content (AvgIpc) is 2.45. The van der Waals surface area contributed by atoms with E-state index in [1.54, 1.807) is 6.07 Å². The minimum absolute atomic E-state index is 0.0127. The first kappa shape index (κ1) is 15.5. The van der Waals surface area contributed by atoms with Crippen molar-refractivity contribution in [3.8, 4) is 11.1 Å². The quantitative estimate of drug-likeness (QED) is 0.880. The molecule has 2 aromatic rings. The highest BCUT2D eigenvalue weighted by Crippen LogP contribution is 2.25. The first-order chi connectivity index (χ1) is 10.0. The van der Waals surface area contributed by atoms with E-state index in [9.17, 15) is 14.0 Å². The van der Waals surface area contributed by atoms with Gasteiger partial charge in [0.15, 0.2) is 0 Å². The second-order valence-electron chi connectivity index (χ2n) is 4.74. The summed E-state index contributed by atoms with van der Waals surface area (Å²) in [5, 5.41) is -0.141. The predicted molar refractivity (Wildman–Crippen MR) is 81.3 cm³/mol. The maximum atomic E-state index is 13.9. The summed E-state index contributed by atoms with van der Waals surface area (Å²) in [6, 6.07) is 5.60. The number of H-pyrrole nitrogens is 1. The normalized spacial score (nSPS) is 11.1. The number of aromatic amines is 1. The molecule has 0 atom stereocenters. The smallest absolute Gasteiger partial charge is 0.297 e. The van der Waals surface area contributed by atoms with Gasteiger partial charge in [0.1, 0.15) is 11.0 Å². The zero-order valence-corrected chi connectivity index (χ0v) is 12.6. The Kier molecular flexibility index (Phi) is 4.63. The lowest BCUT2D eigenvalue weighted by molar-refractivity contribution is 0.440. The van der Waals surface area contributed by atoms with Crippen LogP contribution in [-0.2, 0) is 0 Å². The molecule has 1 heterocycles. The zero-order chi connectivity index (χ0) is 15.6. The number of hydrogen-bond donors (Lipinski definition) is 1. The fraction of sp³-hybridized carbons (Fsp3) is 0.333. The first-order valence-electron chi connectivity index (χ1n) is 6.80. The van der Waals surface area contributed by atoms with Gasteiger partial charge in [0.05, 0.1) is 5.56 Å². The van der Waals surface area contributed by atoms with E-state index in [1.165, 1.54) is 18.2 Å². The van der Waals surface area contributed by atoms with Crippen molar-refractivity contribution in [2.24, 2.45) is 0 Å². The molecule has 0 saturated carbocycles. The molecule has 0 amide bonds. The second kappa shape index (κ2) is 6.26. The molecular weight excluding hydrogens is 295 g/mol. The van der Waals surface area contributed by atoms with E-state index in [2.05, 4.69) is 4.98 Å². The van der Waals surface area contributed by atoms with E-state index in [1.807, 2.05) is 13.8 Å². The predicted octanol–water partition coefficient (Wildman–Crippen LogP) is 3.36. The highest BCUT2D eigenvalue weighted by molar-refractivity contribution is 6.32. The van der Waals surface area contributed by atoms with Crippen molar-refractivity contribution in [3.63, 3.8) is 0 Å². The Labute approximate surface area is 126 Å². The molecule has 1 aromatic carbocycles. The Morgan fingerprint density at radius 3 is 2.43 bits per heavy atom. The monoisotopic (exact) mass is 310 g/mol.